The second-order valence-corrected chi connectivity index (χ2v) is 6.22. The van der Waals surface area contributed by atoms with Crippen molar-refractivity contribution in [2.24, 2.45) is 5.92 Å². The number of nitrogens with one attached hydrogen (secondary N) is 1. The number of hydrogen-bond donors (Lipinski definition) is 2. The number of likely N-dealkylation sites (tertiary alicyclic amines) is 1. The highest BCUT2D eigenvalue weighted by molar-refractivity contribution is 5.74. The smallest absolute Gasteiger partial charge is 0.317 e. The number of aliphatic carboxylic acids is 1. The number of carboxylic acids is 1. The Morgan fingerprint density at radius 1 is 1.33 bits per heavy atom. The van der Waals surface area contributed by atoms with Crippen LogP contribution in [0.5, 0.6) is 0 Å². The fourth-order valence-corrected chi connectivity index (χ4v) is 2.59. The molecule has 2 N–H and O–H groups in total. The molecule has 6 heteroatoms. The van der Waals surface area contributed by atoms with Crippen LogP contribution >= 0.6 is 0 Å². The van der Waals surface area contributed by atoms with E-state index in [4.69, 9.17) is 5.11 Å². The molecule has 1 heterocycles. The SMILES string of the molecule is CC(C)N(CCCC(=O)O)C(=O)NCC1CCN(C)CC1. The summed E-state index contributed by atoms with van der Waals surface area (Å²) in [7, 11) is 2.12. The van der Waals surface area contributed by atoms with Crippen LogP contribution in [0.4, 0.5) is 4.79 Å². The van der Waals surface area contributed by atoms with Crippen LogP contribution in [0.1, 0.15) is 39.5 Å². The molecule has 0 aromatic carbocycles. The lowest BCUT2D eigenvalue weighted by molar-refractivity contribution is -0.137. The van der Waals surface area contributed by atoms with Gasteiger partial charge in [0.25, 0.3) is 0 Å². The molecule has 0 saturated carbocycles. The summed E-state index contributed by atoms with van der Waals surface area (Å²) < 4.78 is 0. The van der Waals surface area contributed by atoms with Gasteiger partial charge in [0.2, 0.25) is 0 Å². The van der Waals surface area contributed by atoms with Gasteiger partial charge in [-0.05, 0) is 59.2 Å². The van der Waals surface area contributed by atoms with Crippen molar-refractivity contribution >= 4 is 12.0 Å². The van der Waals surface area contributed by atoms with Gasteiger partial charge in [0, 0.05) is 25.6 Å². The topological polar surface area (TPSA) is 72.9 Å². The Labute approximate surface area is 127 Å². The van der Waals surface area contributed by atoms with Crippen LogP contribution in [0.3, 0.4) is 0 Å². The monoisotopic (exact) mass is 299 g/mol. The van der Waals surface area contributed by atoms with E-state index in [0.29, 0.717) is 18.9 Å². The molecule has 122 valence electrons. The van der Waals surface area contributed by atoms with Crippen LogP contribution < -0.4 is 5.32 Å². The Kier molecular flexibility index (Phi) is 7.50. The third-order valence-corrected chi connectivity index (χ3v) is 4.05. The number of rotatable bonds is 7. The highest BCUT2D eigenvalue weighted by Crippen LogP contribution is 2.15. The fourth-order valence-electron chi connectivity index (χ4n) is 2.59. The molecule has 1 fully saturated rings. The predicted octanol–water partition coefficient (Wildman–Crippen LogP) is 1.61. The molecule has 6 nitrogen and oxygen atoms in total. The van der Waals surface area contributed by atoms with Crippen LogP contribution in [-0.2, 0) is 4.79 Å². The number of urea groups is 1. The van der Waals surface area contributed by atoms with Crippen molar-refractivity contribution in [3.05, 3.63) is 0 Å². The zero-order valence-electron chi connectivity index (χ0n) is 13.5. The molecule has 1 aliphatic rings. The zero-order chi connectivity index (χ0) is 15.8. The molecule has 0 aliphatic carbocycles. The standard InChI is InChI=1S/C15H29N3O3/c1-12(2)18(8-4-5-14(19)20)15(21)16-11-13-6-9-17(3)10-7-13/h12-13H,4-11H2,1-3H3,(H,16,21)(H,19,20). The molecular weight excluding hydrogens is 270 g/mol. The number of carbonyl (C=O) groups excluding carboxylic acids is 1. The minimum absolute atomic E-state index is 0.0747. The molecule has 1 rings (SSSR count). The van der Waals surface area contributed by atoms with Crippen molar-refractivity contribution in [3.63, 3.8) is 0 Å². The molecule has 0 atom stereocenters. The lowest BCUT2D eigenvalue weighted by atomic mass is 9.97. The van der Waals surface area contributed by atoms with Crippen molar-refractivity contribution in [3.8, 4) is 0 Å². The Morgan fingerprint density at radius 3 is 2.48 bits per heavy atom. The molecule has 21 heavy (non-hydrogen) atoms. The van der Waals surface area contributed by atoms with Crippen LogP contribution in [0.15, 0.2) is 0 Å². The van der Waals surface area contributed by atoms with Gasteiger partial charge >= 0.3 is 12.0 Å². The van der Waals surface area contributed by atoms with Crippen molar-refractivity contribution < 1.29 is 14.7 Å². The lowest BCUT2D eigenvalue weighted by Gasteiger charge is -2.31. The summed E-state index contributed by atoms with van der Waals surface area (Å²) in [5.41, 5.74) is 0. The number of nitrogens with zero attached hydrogens (tertiary/aromatic N) is 2. The van der Waals surface area contributed by atoms with E-state index in [-0.39, 0.29) is 18.5 Å². The van der Waals surface area contributed by atoms with E-state index in [9.17, 15) is 9.59 Å². The van der Waals surface area contributed by atoms with Gasteiger partial charge in [0.15, 0.2) is 0 Å². The van der Waals surface area contributed by atoms with E-state index in [1.54, 1.807) is 4.90 Å². The summed E-state index contributed by atoms with van der Waals surface area (Å²) in [5, 5.41) is 11.7. The second-order valence-electron chi connectivity index (χ2n) is 6.22. The lowest BCUT2D eigenvalue weighted by Crippen LogP contribution is -2.46. The van der Waals surface area contributed by atoms with Gasteiger partial charge in [-0.1, -0.05) is 0 Å². The summed E-state index contributed by atoms with van der Waals surface area (Å²) >= 11 is 0. The maximum atomic E-state index is 12.2. The molecule has 0 bridgehead atoms. The predicted molar refractivity (Wildman–Crippen MR) is 82.3 cm³/mol. The van der Waals surface area contributed by atoms with Gasteiger partial charge in [-0.25, -0.2) is 4.79 Å². The average molecular weight is 299 g/mol. The van der Waals surface area contributed by atoms with E-state index in [2.05, 4.69) is 17.3 Å². The molecule has 2 amide bonds. The number of piperidine rings is 1. The third-order valence-electron chi connectivity index (χ3n) is 4.05. The van der Waals surface area contributed by atoms with Crippen LogP contribution in [0, 0.1) is 5.92 Å². The van der Waals surface area contributed by atoms with Crippen molar-refractivity contribution in [1.82, 2.24) is 15.1 Å². The van der Waals surface area contributed by atoms with Gasteiger partial charge in [-0.2, -0.15) is 0 Å². The maximum absolute atomic E-state index is 12.2. The Hall–Kier alpha value is -1.30. The molecule has 0 aromatic heterocycles. The van der Waals surface area contributed by atoms with E-state index in [0.717, 1.165) is 32.5 Å². The molecule has 1 aliphatic heterocycles. The van der Waals surface area contributed by atoms with Gasteiger partial charge in [0.05, 0.1) is 0 Å². The summed E-state index contributed by atoms with van der Waals surface area (Å²) in [6, 6.07) is 0.00519. The largest absolute Gasteiger partial charge is 0.481 e. The first-order valence-corrected chi connectivity index (χ1v) is 7.85. The van der Waals surface area contributed by atoms with Crippen molar-refractivity contribution in [1.29, 1.82) is 0 Å². The van der Waals surface area contributed by atoms with Crippen LogP contribution in [0.2, 0.25) is 0 Å². The maximum Gasteiger partial charge on any atom is 0.317 e. The Morgan fingerprint density at radius 2 is 1.95 bits per heavy atom. The first-order chi connectivity index (χ1) is 9.90. The zero-order valence-corrected chi connectivity index (χ0v) is 13.5. The van der Waals surface area contributed by atoms with E-state index < -0.39 is 5.97 Å². The van der Waals surface area contributed by atoms with Gasteiger partial charge in [0.1, 0.15) is 0 Å². The highest BCUT2D eigenvalue weighted by atomic mass is 16.4. The molecule has 0 unspecified atom stereocenters. The van der Waals surface area contributed by atoms with Crippen molar-refractivity contribution in [2.45, 2.75) is 45.6 Å². The minimum atomic E-state index is -0.814. The van der Waals surface area contributed by atoms with Crippen molar-refractivity contribution in [2.75, 3.05) is 33.2 Å². The summed E-state index contributed by atoms with van der Waals surface area (Å²) in [4.78, 5) is 26.8. The normalized spacial score (nSPS) is 17.0. The minimum Gasteiger partial charge on any atom is -0.481 e. The fraction of sp³-hybridized carbons (Fsp3) is 0.867. The summed E-state index contributed by atoms with van der Waals surface area (Å²) in [5.74, 6) is -0.261. The number of hydrogen-bond acceptors (Lipinski definition) is 3. The number of carbonyl (C=O) groups is 2. The van der Waals surface area contributed by atoms with Gasteiger partial charge < -0.3 is 20.2 Å². The van der Waals surface area contributed by atoms with Gasteiger partial charge in [-0.15, -0.1) is 0 Å². The first kappa shape index (κ1) is 17.8. The number of carboxylic acid groups (broad SMARTS) is 1. The molecule has 0 spiro atoms. The molecule has 0 radical (unpaired) electrons. The van der Waals surface area contributed by atoms with Crippen LogP contribution in [0.25, 0.3) is 0 Å². The van der Waals surface area contributed by atoms with E-state index in [1.807, 2.05) is 13.8 Å². The van der Waals surface area contributed by atoms with Crippen LogP contribution in [-0.4, -0.2) is 66.2 Å². The Bertz CT molecular complexity index is 339. The molecule has 0 aromatic rings. The quantitative estimate of drug-likeness (QED) is 0.749. The number of amides is 2. The first-order valence-electron chi connectivity index (χ1n) is 7.85. The third kappa shape index (κ3) is 6.80. The molecule has 1 saturated heterocycles. The summed E-state index contributed by atoms with van der Waals surface area (Å²) in [6.45, 7) is 7.30. The van der Waals surface area contributed by atoms with E-state index >= 15 is 0 Å². The Balaban J connectivity index is 2.33. The second kappa shape index (κ2) is 8.87. The average Bonchev–Trinajstić information content (AvgIpc) is 2.42. The van der Waals surface area contributed by atoms with E-state index in [1.165, 1.54) is 0 Å². The highest BCUT2D eigenvalue weighted by Gasteiger charge is 2.20. The summed E-state index contributed by atoms with van der Waals surface area (Å²) in [6.07, 6.45) is 2.84. The molecular formula is C15H29N3O3. The van der Waals surface area contributed by atoms with Gasteiger partial charge in [-0.3, -0.25) is 4.79 Å².